The van der Waals surface area contributed by atoms with Crippen molar-refractivity contribution in [3.63, 3.8) is 0 Å². The molecule has 13 rings (SSSR count). The van der Waals surface area contributed by atoms with Crippen molar-refractivity contribution in [2.24, 2.45) is 0 Å². The summed E-state index contributed by atoms with van der Waals surface area (Å²) < 4.78 is 0. The average molecular weight is 1080 g/mol. The molecule has 1 radical (unpaired) electrons. The fourth-order valence-corrected chi connectivity index (χ4v) is 16.8. The van der Waals surface area contributed by atoms with E-state index in [0.29, 0.717) is 0 Å². The Hall–Kier alpha value is -5.80. The third kappa shape index (κ3) is 8.35. The first kappa shape index (κ1) is 55.4. The van der Waals surface area contributed by atoms with Crippen molar-refractivity contribution in [2.75, 3.05) is 10.2 Å². The summed E-state index contributed by atoms with van der Waals surface area (Å²) in [6, 6.07) is 42.8. The molecular weight excluding hydrogens is 988 g/mol. The third-order valence-corrected chi connectivity index (χ3v) is 23.0. The van der Waals surface area contributed by atoms with E-state index in [4.69, 9.17) is 0 Å². The third-order valence-electron chi connectivity index (χ3n) is 23.0. The molecule has 1 aliphatic heterocycles. The first-order valence-corrected chi connectivity index (χ1v) is 31.7. The van der Waals surface area contributed by atoms with Gasteiger partial charge in [0.2, 0.25) is 0 Å². The molecule has 82 heavy (non-hydrogen) atoms. The van der Waals surface area contributed by atoms with Crippen LogP contribution in [0.1, 0.15) is 243 Å². The van der Waals surface area contributed by atoms with Crippen molar-refractivity contribution in [2.45, 2.75) is 239 Å². The van der Waals surface area contributed by atoms with Gasteiger partial charge >= 0.3 is 0 Å². The molecule has 0 spiro atoms. The standard InChI is InChI=1S/C79H94BN2/c1-46-22-21-23-47(2)69(46)48-36-54(70-68(37-48)82(50-25-27-56-60(39-50)74(9,10)31-29-72(56,5)6)67-45-64-63(43-65(67)80-70)77(15,16)34-35-78(64,17)18)53-40-51-52-41-61-62(76(13,14)33-32-75(61,11)12)42-57(52)79(19,20)58(51)44-66(53)81-49-24-26-55-59(38-49)73(7,8)30-28-71(55,3)4/h21-27,36-45,81H,28-35H2,1-20H3. The SMILES string of the molecule is Cc1cccc(C)c1-c1cc(-c2cc3c(cc2Nc2ccc4c(c2)C(C)(C)CCC4(C)C)C(C)(C)c2cc4c(cc2-3)C(C)(C)CCC4(C)C)c2c(c1)N(c1ccc3c(c1)C(C)(C)CCC3(C)C)c1cc3c(cc1[B]2)C(C)(C)CCC3(C)C. The zero-order valence-electron chi connectivity index (χ0n) is 54.0. The fraction of sp³-hybridized carbons (Fsp3) is 0.468. The Bertz CT molecular complexity index is 3860. The average Bonchev–Trinajstić information content (AvgIpc) is 1.58. The lowest BCUT2D eigenvalue weighted by atomic mass is 9.55. The zero-order chi connectivity index (χ0) is 58.6. The predicted octanol–water partition coefficient (Wildman–Crippen LogP) is 20.5. The van der Waals surface area contributed by atoms with Gasteiger partial charge in [0.05, 0.1) is 0 Å². The molecule has 6 aliphatic rings. The molecule has 0 saturated carbocycles. The minimum absolute atomic E-state index is 0.0416. The Balaban J connectivity index is 1.14. The molecule has 1 N–H and O–H groups in total. The Morgan fingerprint density at radius 2 is 0.817 bits per heavy atom. The maximum atomic E-state index is 4.30. The first-order chi connectivity index (χ1) is 38.1. The molecule has 0 atom stereocenters. The van der Waals surface area contributed by atoms with Gasteiger partial charge in [0, 0.05) is 39.4 Å². The predicted molar refractivity (Wildman–Crippen MR) is 355 cm³/mol. The number of fused-ring (bicyclic) bond motifs is 9. The van der Waals surface area contributed by atoms with Crippen LogP contribution in [0.4, 0.5) is 28.4 Å². The molecule has 0 fully saturated rings. The van der Waals surface area contributed by atoms with E-state index >= 15 is 0 Å². The number of rotatable bonds is 5. The lowest BCUT2D eigenvalue weighted by molar-refractivity contribution is 0.331. The highest BCUT2D eigenvalue weighted by Crippen LogP contribution is 2.58. The minimum atomic E-state index is -0.218. The number of benzene rings is 7. The van der Waals surface area contributed by atoms with Crippen LogP contribution in [-0.4, -0.2) is 7.28 Å². The number of nitrogens with one attached hydrogen (secondary N) is 1. The van der Waals surface area contributed by atoms with Crippen LogP contribution < -0.4 is 21.1 Å². The summed E-state index contributed by atoms with van der Waals surface area (Å²) in [4.78, 5) is 2.71. The van der Waals surface area contributed by atoms with Gasteiger partial charge < -0.3 is 10.2 Å². The van der Waals surface area contributed by atoms with Gasteiger partial charge in [0.1, 0.15) is 0 Å². The second-order valence-electron chi connectivity index (χ2n) is 32.9. The Labute approximate surface area is 496 Å². The summed E-state index contributed by atoms with van der Waals surface area (Å²) in [5.74, 6) is 0. The topological polar surface area (TPSA) is 15.3 Å². The molecule has 7 aromatic carbocycles. The molecule has 0 amide bonds. The van der Waals surface area contributed by atoms with Crippen LogP contribution >= 0.6 is 0 Å². The Morgan fingerprint density at radius 3 is 1.38 bits per heavy atom. The highest BCUT2D eigenvalue weighted by atomic mass is 15.2. The van der Waals surface area contributed by atoms with Crippen molar-refractivity contribution in [1.82, 2.24) is 0 Å². The van der Waals surface area contributed by atoms with Gasteiger partial charge in [-0.1, -0.05) is 173 Å². The molecule has 0 aromatic heterocycles. The van der Waals surface area contributed by atoms with Crippen molar-refractivity contribution >= 4 is 46.6 Å². The van der Waals surface area contributed by atoms with E-state index in [1.54, 1.807) is 0 Å². The zero-order valence-corrected chi connectivity index (χ0v) is 54.0. The number of hydrogen-bond donors (Lipinski definition) is 1. The maximum Gasteiger partial charge on any atom is 0.197 e. The van der Waals surface area contributed by atoms with E-state index in [-0.39, 0.29) is 48.7 Å². The van der Waals surface area contributed by atoms with E-state index in [1.807, 2.05) is 0 Å². The van der Waals surface area contributed by atoms with Gasteiger partial charge in [-0.3, -0.25) is 0 Å². The molecule has 423 valence electrons. The van der Waals surface area contributed by atoms with Gasteiger partial charge in [-0.25, -0.2) is 0 Å². The second-order valence-corrected chi connectivity index (χ2v) is 32.9. The number of hydrogen-bond acceptors (Lipinski definition) is 2. The molecule has 5 aliphatic carbocycles. The quantitative estimate of drug-likeness (QED) is 0.173. The summed E-state index contributed by atoms with van der Waals surface area (Å²) in [6.45, 7) is 49.2. The van der Waals surface area contributed by atoms with E-state index in [0.717, 1.165) is 11.4 Å². The molecule has 0 unspecified atom stereocenters. The summed E-state index contributed by atoms with van der Waals surface area (Å²) in [6.07, 6.45) is 9.45. The van der Waals surface area contributed by atoms with Crippen LogP contribution in [-0.2, 0) is 48.7 Å². The Kier molecular flexibility index (Phi) is 11.9. The van der Waals surface area contributed by atoms with Crippen molar-refractivity contribution in [1.29, 1.82) is 0 Å². The van der Waals surface area contributed by atoms with Gasteiger partial charge in [0.25, 0.3) is 0 Å². The van der Waals surface area contributed by atoms with Crippen LogP contribution in [0, 0.1) is 13.8 Å². The maximum absolute atomic E-state index is 4.30. The van der Waals surface area contributed by atoms with E-state index in [2.05, 4.69) is 259 Å². The van der Waals surface area contributed by atoms with Crippen LogP contribution in [0.25, 0.3) is 33.4 Å². The molecule has 3 heteroatoms. The smallest absolute Gasteiger partial charge is 0.197 e. The Morgan fingerprint density at radius 1 is 0.366 bits per heavy atom. The minimum Gasteiger partial charge on any atom is -0.355 e. The summed E-state index contributed by atoms with van der Waals surface area (Å²) in [5, 5.41) is 4.30. The van der Waals surface area contributed by atoms with Gasteiger partial charge in [0.15, 0.2) is 7.28 Å². The summed E-state index contributed by atoms with van der Waals surface area (Å²) >= 11 is 0. The molecule has 1 heterocycles. The van der Waals surface area contributed by atoms with Gasteiger partial charge in [-0.15, -0.1) is 0 Å². The molecule has 2 nitrogen and oxygen atoms in total. The largest absolute Gasteiger partial charge is 0.355 e. The summed E-state index contributed by atoms with van der Waals surface area (Å²) in [7, 11) is 2.60. The molecule has 0 saturated heterocycles. The lowest BCUT2D eigenvalue weighted by Crippen LogP contribution is -2.44. The monoisotopic (exact) mass is 1080 g/mol. The highest BCUT2D eigenvalue weighted by molar-refractivity contribution is 6.73. The van der Waals surface area contributed by atoms with Gasteiger partial charge in [-0.2, -0.15) is 0 Å². The van der Waals surface area contributed by atoms with Crippen LogP contribution in [0.5, 0.6) is 0 Å². The number of nitrogens with zero attached hydrogens (tertiary/aromatic N) is 1. The summed E-state index contributed by atoms with van der Waals surface area (Å²) in [5.41, 5.74) is 34.4. The van der Waals surface area contributed by atoms with E-state index in [1.165, 1.54) is 179 Å². The number of anilines is 5. The van der Waals surface area contributed by atoms with Gasteiger partial charge in [-0.05, 0) is 269 Å². The second kappa shape index (κ2) is 17.6. The lowest BCUT2D eigenvalue weighted by Gasteiger charge is -2.45. The van der Waals surface area contributed by atoms with Crippen LogP contribution in [0.3, 0.4) is 0 Å². The van der Waals surface area contributed by atoms with E-state index < -0.39 is 0 Å². The molecule has 0 bridgehead atoms. The van der Waals surface area contributed by atoms with Crippen LogP contribution in [0.2, 0.25) is 0 Å². The fourth-order valence-electron chi connectivity index (χ4n) is 16.8. The van der Waals surface area contributed by atoms with Crippen molar-refractivity contribution < 1.29 is 0 Å². The van der Waals surface area contributed by atoms with Crippen molar-refractivity contribution in [3.8, 4) is 33.4 Å². The van der Waals surface area contributed by atoms with E-state index in [9.17, 15) is 0 Å². The van der Waals surface area contributed by atoms with Crippen LogP contribution in [0.15, 0.2) is 103 Å². The molecular formula is C79H94BN2. The first-order valence-electron chi connectivity index (χ1n) is 31.7. The van der Waals surface area contributed by atoms with Crippen molar-refractivity contribution in [3.05, 3.63) is 170 Å². The molecule has 7 aromatic rings. The number of aryl methyl sites for hydroxylation is 2. The highest BCUT2D eigenvalue weighted by Gasteiger charge is 2.46. The normalized spacial score (nSPS) is 21.5.